The quantitative estimate of drug-likeness (QED) is 0.648. The van der Waals surface area contributed by atoms with Gasteiger partial charge in [-0.3, -0.25) is 14.8 Å². The van der Waals surface area contributed by atoms with Crippen LogP contribution in [0.25, 0.3) is 11.1 Å². The molecule has 1 amide bonds. The second kappa shape index (κ2) is 8.32. The average Bonchev–Trinajstić information content (AvgIpc) is 3.06. The van der Waals surface area contributed by atoms with Crippen molar-refractivity contribution in [3.8, 4) is 11.1 Å². The molecule has 2 aromatic carbocycles. The van der Waals surface area contributed by atoms with Crippen LogP contribution < -0.4 is 5.32 Å². The van der Waals surface area contributed by atoms with Crippen LogP contribution in [0.15, 0.2) is 60.9 Å². The highest BCUT2D eigenvalue weighted by Gasteiger charge is 2.29. The van der Waals surface area contributed by atoms with E-state index in [0.29, 0.717) is 11.4 Å². The fraction of sp³-hybridized carbons (Fsp3) is 0.217. The molecule has 0 saturated heterocycles. The molecule has 4 rings (SSSR count). The summed E-state index contributed by atoms with van der Waals surface area (Å²) in [7, 11) is 0. The van der Waals surface area contributed by atoms with Gasteiger partial charge in [-0.15, -0.1) is 0 Å². The second-order valence-electron chi connectivity index (χ2n) is 7.15. The van der Waals surface area contributed by atoms with Crippen LogP contribution in [-0.2, 0) is 9.53 Å². The fourth-order valence-electron chi connectivity index (χ4n) is 3.93. The summed E-state index contributed by atoms with van der Waals surface area (Å²) in [4.78, 5) is 32.1. The summed E-state index contributed by atoms with van der Waals surface area (Å²) < 4.78 is 5.52. The molecule has 1 atom stereocenters. The molecular weight excluding hydrogens is 382 g/mol. The number of nitrogens with one attached hydrogen (secondary N) is 1. The smallest absolute Gasteiger partial charge is 0.407 e. The Morgan fingerprint density at radius 3 is 2.23 bits per heavy atom. The van der Waals surface area contributed by atoms with Crippen molar-refractivity contribution in [2.75, 3.05) is 6.61 Å². The summed E-state index contributed by atoms with van der Waals surface area (Å²) in [5, 5.41) is 11.9. The predicted molar refractivity (Wildman–Crippen MR) is 110 cm³/mol. The summed E-state index contributed by atoms with van der Waals surface area (Å²) in [6.07, 6.45) is 1.98. The molecular formula is C23H21N3O4. The van der Waals surface area contributed by atoms with Crippen LogP contribution in [0.2, 0.25) is 0 Å². The first-order valence-electron chi connectivity index (χ1n) is 9.65. The zero-order valence-electron chi connectivity index (χ0n) is 16.4. The Hall–Kier alpha value is -3.74. The molecule has 1 aliphatic rings. The summed E-state index contributed by atoms with van der Waals surface area (Å²) in [5.41, 5.74) is 5.47. The van der Waals surface area contributed by atoms with E-state index in [9.17, 15) is 14.7 Å². The number of benzene rings is 2. The number of carbonyl (C=O) groups is 2. The van der Waals surface area contributed by atoms with Gasteiger partial charge in [0.1, 0.15) is 6.61 Å². The largest absolute Gasteiger partial charge is 0.481 e. The Morgan fingerprint density at radius 2 is 1.63 bits per heavy atom. The van der Waals surface area contributed by atoms with Gasteiger partial charge in [-0.05, 0) is 29.2 Å². The highest BCUT2D eigenvalue weighted by atomic mass is 16.5. The number of carboxylic acid groups (broad SMARTS) is 1. The predicted octanol–water partition coefficient (Wildman–Crippen LogP) is 3.84. The van der Waals surface area contributed by atoms with E-state index in [1.54, 1.807) is 6.92 Å². The highest BCUT2D eigenvalue weighted by molar-refractivity contribution is 5.79. The van der Waals surface area contributed by atoms with E-state index >= 15 is 0 Å². The molecule has 152 valence electrons. The van der Waals surface area contributed by atoms with E-state index in [2.05, 4.69) is 27.4 Å². The zero-order chi connectivity index (χ0) is 21.1. The molecule has 30 heavy (non-hydrogen) atoms. The lowest BCUT2D eigenvalue weighted by atomic mass is 9.98. The maximum absolute atomic E-state index is 12.5. The normalized spacial score (nSPS) is 13.2. The monoisotopic (exact) mass is 403 g/mol. The summed E-state index contributed by atoms with van der Waals surface area (Å²) in [5.74, 6) is -1.12. The molecule has 0 aliphatic heterocycles. The van der Waals surface area contributed by atoms with Crippen molar-refractivity contribution in [2.45, 2.75) is 25.3 Å². The number of ether oxygens (including phenoxy) is 1. The van der Waals surface area contributed by atoms with E-state index in [0.717, 1.165) is 22.3 Å². The molecule has 0 radical (unpaired) electrons. The van der Waals surface area contributed by atoms with Crippen LogP contribution in [0.4, 0.5) is 4.79 Å². The van der Waals surface area contributed by atoms with Crippen molar-refractivity contribution in [1.29, 1.82) is 0 Å². The number of aryl methyl sites for hydroxylation is 1. The van der Waals surface area contributed by atoms with E-state index in [-0.39, 0.29) is 18.9 Å². The Labute approximate surface area is 173 Å². The third-order valence-electron chi connectivity index (χ3n) is 5.26. The van der Waals surface area contributed by atoms with Crippen LogP contribution in [0, 0.1) is 6.92 Å². The van der Waals surface area contributed by atoms with E-state index in [1.165, 1.54) is 12.4 Å². The lowest BCUT2D eigenvalue weighted by Crippen LogP contribution is -2.32. The lowest BCUT2D eigenvalue weighted by Gasteiger charge is -2.19. The highest BCUT2D eigenvalue weighted by Crippen LogP contribution is 2.44. The van der Waals surface area contributed by atoms with Crippen LogP contribution in [-0.4, -0.2) is 33.7 Å². The molecule has 1 aromatic heterocycles. The topological polar surface area (TPSA) is 101 Å². The molecule has 0 fully saturated rings. The zero-order valence-corrected chi connectivity index (χ0v) is 16.4. The van der Waals surface area contributed by atoms with Gasteiger partial charge in [-0.2, -0.15) is 0 Å². The van der Waals surface area contributed by atoms with Gasteiger partial charge in [-0.25, -0.2) is 4.79 Å². The number of aliphatic carboxylic acids is 1. The Morgan fingerprint density at radius 1 is 1.03 bits per heavy atom. The molecule has 1 heterocycles. The Kier molecular flexibility index (Phi) is 5.43. The van der Waals surface area contributed by atoms with E-state index in [1.807, 2.05) is 36.4 Å². The van der Waals surface area contributed by atoms with Gasteiger partial charge >= 0.3 is 12.1 Å². The van der Waals surface area contributed by atoms with Crippen molar-refractivity contribution in [2.24, 2.45) is 0 Å². The number of fused-ring (bicyclic) bond motifs is 3. The molecule has 0 bridgehead atoms. The standard InChI is InChI=1S/C23H21N3O4/c1-14-22(25-11-10-24-14)20(12-21(27)28)26-23(29)30-13-19-17-8-4-2-6-15(17)16-7-3-5-9-18(16)19/h2-11,19-20H,12-13H2,1H3,(H,26,29)(H,27,28)/t20-/m0/s1. The number of rotatable bonds is 6. The number of carboxylic acids is 1. The maximum Gasteiger partial charge on any atom is 0.407 e. The van der Waals surface area contributed by atoms with Crippen molar-refractivity contribution in [3.05, 3.63) is 83.4 Å². The summed E-state index contributed by atoms with van der Waals surface area (Å²) >= 11 is 0. The maximum atomic E-state index is 12.5. The molecule has 0 saturated carbocycles. The van der Waals surface area contributed by atoms with Gasteiger partial charge in [0.15, 0.2) is 0 Å². The first-order valence-corrected chi connectivity index (χ1v) is 9.65. The molecule has 0 spiro atoms. The number of carbonyl (C=O) groups excluding carboxylic acids is 1. The fourth-order valence-corrected chi connectivity index (χ4v) is 3.93. The van der Waals surface area contributed by atoms with Crippen molar-refractivity contribution in [3.63, 3.8) is 0 Å². The number of aromatic nitrogens is 2. The van der Waals surface area contributed by atoms with Crippen molar-refractivity contribution < 1.29 is 19.4 Å². The average molecular weight is 403 g/mol. The number of nitrogens with zero attached hydrogens (tertiary/aromatic N) is 2. The summed E-state index contributed by atoms with van der Waals surface area (Å²) in [6, 6.07) is 15.3. The second-order valence-corrected chi connectivity index (χ2v) is 7.15. The molecule has 3 aromatic rings. The minimum absolute atomic E-state index is 0.0701. The first kappa shape index (κ1) is 19.6. The van der Waals surface area contributed by atoms with Gasteiger partial charge in [0.2, 0.25) is 0 Å². The van der Waals surface area contributed by atoms with Gasteiger partial charge in [0.25, 0.3) is 0 Å². The third-order valence-corrected chi connectivity index (χ3v) is 5.26. The molecule has 7 heteroatoms. The SMILES string of the molecule is Cc1nccnc1[C@H](CC(=O)O)NC(=O)OCC1c2ccccc2-c2ccccc21. The molecule has 7 nitrogen and oxygen atoms in total. The third kappa shape index (κ3) is 3.87. The van der Waals surface area contributed by atoms with Crippen molar-refractivity contribution >= 4 is 12.1 Å². The minimum atomic E-state index is -1.05. The number of hydrogen-bond acceptors (Lipinski definition) is 5. The first-order chi connectivity index (χ1) is 14.5. The van der Waals surface area contributed by atoms with E-state index < -0.39 is 18.1 Å². The van der Waals surface area contributed by atoms with Crippen LogP contribution in [0.3, 0.4) is 0 Å². The van der Waals surface area contributed by atoms with Gasteiger partial charge in [-0.1, -0.05) is 48.5 Å². The Bertz CT molecular complexity index is 1050. The number of hydrogen-bond donors (Lipinski definition) is 2. The number of amides is 1. The molecule has 2 N–H and O–H groups in total. The van der Waals surface area contributed by atoms with E-state index in [4.69, 9.17) is 4.74 Å². The van der Waals surface area contributed by atoms with Crippen LogP contribution >= 0.6 is 0 Å². The lowest BCUT2D eigenvalue weighted by molar-refractivity contribution is -0.137. The summed E-state index contributed by atoms with van der Waals surface area (Å²) in [6.45, 7) is 1.87. The van der Waals surface area contributed by atoms with Crippen molar-refractivity contribution in [1.82, 2.24) is 15.3 Å². The molecule has 0 unspecified atom stereocenters. The van der Waals surface area contributed by atoms with Crippen LogP contribution in [0.1, 0.15) is 40.9 Å². The Balaban J connectivity index is 1.49. The van der Waals surface area contributed by atoms with Crippen LogP contribution in [0.5, 0.6) is 0 Å². The van der Waals surface area contributed by atoms with Gasteiger partial charge in [0, 0.05) is 18.3 Å². The number of alkyl carbamates (subject to hydrolysis) is 1. The molecule has 1 aliphatic carbocycles. The van der Waals surface area contributed by atoms with Gasteiger partial charge in [0.05, 0.1) is 23.9 Å². The van der Waals surface area contributed by atoms with Gasteiger partial charge < -0.3 is 15.2 Å². The minimum Gasteiger partial charge on any atom is -0.481 e.